The third-order valence-corrected chi connectivity index (χ3v) is 5.05. The number of aromatic nitrogens is 2. The van der Waals surface area contributed by atoms with Crippen molar-refractivity contribution in [3.63, 3.8) is 0 Å². The van der Waals surface area contributed by atoms with Crippen LogP contribution in [-0.4, -0.2) is 34.4 Å². The third-order valence-electron chi connectivity index (χ3n) is 4.34. The molecule has 27 heavy (non-hydrogen) atoms. The van der Waals surface area contributed by atoms with Crippen LogP contribution in [0.25, 0.3) is 6.08 Å². The van der Waals surface area contributed by atoms with E-state index in [4.69, 9.17) is 32.7 Å². The summed E-state index contributed by atoms with van der Waals surface area (Å²) in [5.41, 5.74) is 3.18. The summed E-state index contributed by atoms with van der Waals surface area (Å²) in [6.07, 6.45) is 2.47. The summed E-state index contributed by atoms with van der Waals surface area (Å²) in [4.78, 5) is 23.3. The Kier molecular flexibility index (Phi) is 5.87. The number of carbonyl (C=O) groups excluding carboxylic acids is 2. The van der Waals surface area contributed by atoms with Crippen molar-refractivity contribution < 1.29 is 19.1 Å². The maximum absolute atomic E-state index is 11.9. The average Bonchev–Trinajstić information content (AvgIpc) is 3.13. The Bertz CT molecular complexity index is 900. The van der Waals surface area contributed by atoms with Crippen molar-refractivity contribution >= 4 is 41.2 Å². The lowest BCUT2D eigenvalue weighted by Gasteiger charge is -2.09. The summed E-state index contributed by atoms with van der Waals surface area (Å²) in [7, 11) is 0. The molecule has 1 aliphatic rings. The molecule has 2 aromatic rings. The Balaban J connectivity index is 1.75. The van der Waals surface area contributed by atoms with Crippen molar-refractivity contribution in [3.05, 3.63) is 56.8 Å². The van der Waals surface area contributed by atoms with Crippen LogP contribution in [0.1, 0.15) is 28.9 Å². The van der Waals surface area contributed by atoms with Gasteiger partial charge in [0, 0.05) is 39.4 Å². The van der Waals surface area contributed by atoms with Crippen LogP contribution in [0, 0.1) is 13.8 Å². The molecule has 1 aliphatic heterocycles. The fourth-order valence-corrected chi connectivity index (χ4v) is 3.37. The van der Waals surface area contributed by atoms with E-state index in [1.54, 1.807) is 29.0 Å². The van der Waals surface area contributed by atoms with Crippen molar-refractivity contribution in [2.24, 2.45) is 0 Å². The van der Waals surface area contributed by atoms with Crippen LogP contribution in [0.4, 0.5) is 0 Å². The van der Waals surface area contributed by atoms with Gasteiger partial charge in [-0.05, 0) is 32.1 Å². The van der Waals surface area contributed by atoms with Crippen LogP contribution >= 0.6 is 23.2 Å². The summed E-state index contributed by atoms with van der Waals surface area (Å²) < 4.78 is 11.6. The minimum Gasteiger partial charge on any atom is -0.463 e. The smallest absolute Gasteiger partial charge is 0.347 e. The molecule has 0 N–H and O–H groups in total. The molecule has 0 spiro atoms. The Morgan fingerprint density at radius 1 is 1.37 bits per heavy atom. The van der Waals surface area contributed by atoms with E-state index >= 15 is 0 Å². The number of ether oxygens (including phenoxy) is 2. The molecule has 1 fully saturated rings. The Hall–Kier alpha value is -2.31. The molecule has 1 aromatic carbocycles. The first-order chi connectivity index (χ1) is 12.9. The minimum atomic E-state index is -0.825. The van der Waals surface area contributed by atoms with Gasteiger partial charge in [-0.25, -0.2) is 9.59 Å². The first-order valence-corrected chi connectivity index (χ1v) is 9.14. The number of nitrogens with zero attached hydrogens (tertiary/aromatic N) is 2. The van der Waals surface area contributed by atoms with Crippen molar-refractivity contribution in [3.8, 4) is 0 Å². The molecule has 0 unspecified atom stereocenters. The molecule has 2 heterocycles. The van der Waals surface area contributed by atoms with Gasteiger partial charge < -0.3 is 9.47 Å². The number of carbonyl (C=O) groups is 2. The van der Waals surface area contributed by atoms with Crippen molar-refractivity contribution in [1.29, 1.82) is 0 Å². The van der Waals surface area contributed by atoms with Crippen LogP contribution in [-0.2, 0) is 25.6 Å². The second-order valence-electron chi connectivity index (χ2n) is 6.16. The lowest BCUT2D eigenvalue weighted by Crippen LogP contribution is -2.21. The van der Waals surface area contributed by atoms with E-state index in [-0.39, 0.29) is 6.61 Å². The molecule has 0 amide bonds. The van der Waals surface area contributed by atoms with Crippen LogP contribution < -0.4 is 0 Å². The number of rotatable bonds is 5. The van der Waals surface area contributed by atoms with E-state index in [0.717, 1.165) is 22.5 Å². The van der Waals surface area contributed by atoms with E-state index < -0.39 is 18.0 Å². The van der Waals surface area contributed by atoms with E-state index in [1.807, 2.05) is 13.8 Å². The minimum absolute atomic E-state index is 0.274. The predicted molar refractivity (Wildman–Crippen MR) is 102 cm³/mol. The van der Waals surface area contributed by atoms with Gasteiger partial charge in [0.25, 0.3) is 0 Å². The normalized spacial score (nSPS) is 16.7. The number of esters is 2. The highest BCUT2D eigenvalue weighted by molar-refractivity contribution is 6.35. The molecule has 6 nitrogen and oxygen atoms in total. The van der Waals surface area contributed by atoms with Gasteiger partial charge in [-0.3, -0.25) is 4.68 Å². The fourth-order valence-electron chi connectivity index (χ4n) is 2.85. The van der Waals surface area contributed by atoms with Crippen LogP contribution in [0.5, 0.6) is 0 Å². The summed E-state index contributed by atoms with van der Waals surface area (Å²) in [5.74, 6) is -1.10. The van der Waals surface area contributed by atoms with Gasteiger partial charge in [-0.2, -0.15) is 5.10 Å². The van der Waals surface area contributed by atoms with Gasteiger partial charge in [0.05, 0.1) is 18.8 Å². The van der Waals surface area contributed by atoms with E-state index in [0.29, 0.717) is 23.0 Å². The van der Waals surface area contributed by atoms with E-state index in [9.17, 15) is 9.59 Å². The molecule has 8 heteroatoms. The zero-order valence-corrected chi connectivity index (χ0v) is 16.4. The summed E-state index contributed by atoms with van der Waals surface area (Å²) in [6.45, 7) is 4.43. The van der Waals surface area contributed by atoms with Gasteiger partial charge in [0.1, 0.15) is 0 Å². The first kappa shape index (κ1) is 19.5. The van der Waals surface area contributed by atoms with Crippen molar-refractivity contribution in [1.82, 2.24) is 9.78 Å². The van der Waals surface area contributed by atoms with Crippen molar-refractivity contribution in [2.45, 2.75) is 32.9 Å². The van der Waals surface area contributed by atoms with Gasteiger partial charge >= 0.3 is 11.9 Å². The Labute approximate surface area is 166 Å². The highest BCUT2D eigenvalue weighted by Gasteiger charge is 2.29. The molecule has 142 valence electrons. The van der Waals surface area contributed by atoms with Crippen LogP contribution in [0.15, 0.2) is 24.3 Å². The van der Waals surface area contributed by atoms with Gasteiger partial charge in [-0.15, -0.1) is 0 Å². The number of benzene rings is 1. The monoisotopic (exact) mass is 408 g/mol. The van der Waals surface area contributed by atoms with Crippen LogP contribution in [0.3, 0.4) is 0 Å². The standard InChI is InChI=1S/C19H18Cl2N2O4/c1-11-13(6-7-18(24)27-17-8-9-26-19(17)25)12(2)23(22-11)10-14-15(20)4-3-5-16(14)21/h3-7,17H,8-10H2,1-2H3/b7-6+/t17-/m0/s1. The van der Waals surface area contributed by atoms with Crippen molar-refractivity contribution in [2.75, 3.05) is 6.61 Å². The maximum atomic E-state index is 11.9. The average molecular weight is 409 g/mol. The number of aryl methyl sites for hydroxylation is 1. The largest absolute Gasteiger partial charge is 0.463 e. The second kappa shape index (κ2) is 8.15. The number of hydrogen-bond acceptors (Lipinski definition) is 5. The number of hydrogen-bond donors (Lipinski definition) is 0. The maximum Gasteiger partial charge on any atom is 0.347 e. The van der Waals surface area contributed by atoms with Gasteiger partial charge in [-0.1, -0.05) is 29.3 Å². The lowest BCUT2D eigenvalue weighted by molar-refractivity contribution is -0.156. The summed E-state index contributed by atoms with van der Waals surface area (Å²) in [5, 5.41) is 5.64. The molecule has 0 aliphatic carbocycles. The zero-order valence-electron chi connectivity index (χ0n) is 14.9. The molecule has 3 rings (SSSR count). The molecule has 1 saturated heterocycles. The lowest BCUT2D eigenvalue weighted by atomic mass is 10.1. The van der Waals surface area contributed by atoms with E-state index in [1.165, 1.54) is 6.08 Å². The van der Waals surface area contributed by atoms with Gasteiger partial charge in [0.15, 0.2) is 0 Å². The summed E-state index contributed by atoms with van der Waals surface area (Å²) >= 11 is 12.5. The predicted octanol–water partition coefficient (Wildman–Crippen LogP) is 3.73. The Morgan fingerprint density at radius 3 is 2.70 bits per heavy atom. The van der Waals surface area contributed by atoms with E-state index in [2.05, 4.69) is 5.10 Å². The third kappa shape index (κ3) is 4.34. The quantitative estimate of drug-likeness (QED) is 0.556. The topological polar surface area (TPSA) is 70.4 Å². The molecule has 0 saturated carbocycles. The highest BCUT2D eigenvalue weighted by atomic mass is 35.5. The SMILES string of the molecule is Cc1nn(Cc2c(Cl)cccc2Cl)c(C)c1/C=C/C(=O)O[C@H]1CCOC1=O. The first-order valence-electron chi connectivity index (χ1n) is 8.39. The molecule has 0 bridgehead atoms. The van der Waals surface area contributed by atoms with Gasteiger partial charge in [0.2, 0.25) is 6.10 Å². The molecule has 1 atom stereocenters. The molecular weight excluding hydrogens is 391 g/mol. The molecule has 1 aromatic heterocycles. The number of cyclic esters (lactones) is 1. The number of halogens is 2. The summed E-state index contributed by atoms with van der Waals surface area (Å²) in [6, 6.07) is 5.34. The highest BCUT2D eigenvalue weighted by Crippen LogP contribution is 2.26. The molecule has 0 radical (unpaired) electrons. The zero-order chi connectivity index (χ0) is 19.6. The Morgan fingerprint density at radius 2 is 2.07 bits per heavy atom. The fraction of sp³-hybridized carbons (Fsp3) is 0.316. The molecular formula is C19H18Cl2N2O4. The van der Waals surface area contributed by atoms with Crippen LogP contribution in [0.2, 0.25) is 10.0 Å². The second-order valence-corrected chi connectivity index (χ2v) is 6.97.